The van der Waals surface area contributed by atoms with Gasteiger partial charge in [-0.05, 0) is 32.0 Å². The number of aromatic nitrogens is 3. The molecule has 1 unspecified atom stereocenters. The molecule has 0 aliphatic heterocycles. The molecule has 0 saturated carbocycles. The second-order valence-electron chi connectivity index (χ2n) is 4.59. The summed E-state index contributed by atoms with van der Waals surface area (Å²) < 4.78 is 1.81. The fourth-order valence-electron chi connectivity index (χ4n) is 2.10. The molecule has 2 rings (SSSR count). The first-order valence-corrected chi connectivity index (χ1v) is 6.85. The number of hydrogen-bond acceptors (Lipinski definition) is 3. The normalized spacial score (nSPS) is 12.6. The highest BCUT2D eigenvalue weighted by molar-refractivity contribution is 6.31. The van der Waals surface area contributed by atoms with Crippen LogP contribution in [0.15, 0.2) is 24.4 Å². The molecule has 5 heteroatoms. The highest BCUT2D eigenvalue weighted by Crippen LogP contribution is 2.26. The van der Waals surface area contributed by atoms with Crippen molar-refractivity contribution in [3.63, 3.8) is 0 Å². The van der Waals surface area contributed by atoms with Crippen LogP contribution in [-0.4, -0.2) is 21.3 Å². The van der Waals surface area contributed by atoms with Gasteiger partial charge in [-0.3, -0.25) is 9.67 Å². The van der Waals surface area contributed by atoms with Crippen LogP contribution in [0.5, 0.6) is 0 Å². The minimum Gasteiger partial charge on any atom is -0.304 e. The standard InChI is InChI=1S/C14H19ClN4/c1-4-8-16-13(12-7-5-6-10(2)18-12)14-11(15)9-17-19(14)3/h5-7,9,13,16H,4,8H2,1-3H3. The zero-order valence-corrected chi connectivity index (χ0v) is 12.3. The molecule has 4 nitrogen and oxygen atoms in total. The molecular weight excluding hydrogens is 260 g/mol. The number of nitrogens with one attached hydrogen (secondary N) is 1. The summed E-state index contributed by atoms with van der Waals surface area (Å²) in [6.45, 7) is 5.03. The van der Waals surface area contributed by atoms with Crippen LogP contribution in [-0.2, 0) is 7.05 Å². The molecule has 0 radical (unpaired) electrons. The highest BCUT2D eigenvalue weighted by atomic mass is 35.5. The van der Waals surface area contributed by atoms with Crippen LogP contribution in [0.2, 0.25) is 5.02 Å². The molecule has 0 aliphatic carbocycles. The summed E-state index contributed by atoms with van der Waals surface area (Å²) in [4.78, 5) is 4.60. The summed E-state index contributed by atoms with van der Waals surface area (Å²) in [5.41, 5.74) is 2.92. The average molecular weight is 279 g/mol. The van der Waals surface area contributed by atoms with Gasteiger partial charge in [0.25, 0.3) is 0 Å². The predicted molar refractivity (Wildman–Crippen MR) is 77.3 cm³/mol. The van der Waals surface area contributed by atoms with Gasteiger partial charge >= 0.3 is 0 Å². The van der Waals surface area contributed by atoms with Crippen molar-refractivity contribution in [1.29, 1.82) is 0 Å². The van der Waals surface area contributed by atoms with E-state index in [1.54, 1.807) is 10.9 Å². The quantitative estimate of drug-likeness (QED) is 0.914. The van der Waals surface area contributed by atoms with Crippen LogP contribution in [0.4, 0.5) is 0 Å². The van der Waals surface area contributed by atoms with E-state index < -0.39 is 0 Å². The van der Waals surface area contributed by atoms with E-state index in [4.69, 9.17) is 11.6 Å². The molecule has 0 aliphatic rings. The van der Waals surface area contributed by atoms with Crippen molar-refractivity contribution < 1.29 is 0 Å². The monoisotopic (exact) mass is 278 g/mol. The van der Waals surface area contributed by atoms with E-state index in [9.17, 15) is 0 Å². The molecule has 0 saturated heterocycles. The Kier molecular flexibility index (Phi) is 4.56. The zero-order chi connectivity index (χ0) is 13.8. The number of rotatable bonds is 5. The molecule has 19 heavy (non-hydrogen) atoms. The Morgan fingerprint density at radius 1 is 1.42 bits per heavy atom. The first kappa shape index (κ1) is 14.0. The van der Waals surface area contributed by atoms with Gasteiger partial charge in [0.1, 0.15) is 0 Å². The van der Waals surface area contributed by atoms with Crippen molar-refractivity contribution in [3.8, 4) is 0 Å². The number of aryl methyl sites for hydroxylation is 2. The average Bonchev–Trinajstić information content (AvgIpc) is 2.71. The van der Waals surface area contributed by atoms with Crippen molar-refractivity contribution in [1.82, 2.24) is 20.1 Å². The number of nitrogens with zero attached hydrogens (tertiary/aromatic N) is 3. The molecule has 0 aromatic carbocycles. The molecular formula is C14H19ClN4. The molecule has 0 spiro atoms. The maximum Gasteiger partial charge on any atom is 0.0937 e. The fourth-order valence-corrected chi connectivity index (χ4v) is 2.37. The van der Waals surface area contributed by atoms with E-state index in [1.165, 1.54) is 0 Å². The van der Waals surface area contributed by atoms with E-state index in [1.807, 2.05) is 32.2 Å². The Morgan fingerprint density at radius 2 is 2.21 bits per heavy atom. The summed E-state index contributed by atoms with van der Waals surface area (Å²) in [5.74, 6) is 0. The molecule has 1 N–H and O–H groups in total. The lowest BCUT2D eigenvalue weighted by Gasteiger charge is -2.19. The lowest BCUT2D eigenvalue weighted by atomic mass is 10.1. The third-order valence-electron chi connectivity index (χ3n) is 3.02. The molecule has 102 valence electrons. The minimum absolute atomic E-state index is 0.0279. The van der Waals surface area contributed by atoms with E-state index in [0.29, 0.717) is 5.02 Å². The van der Waals surface area contributed by atoms with Crippen molar-refractivity contribution in [3.05, 3.63) is 46.5 Å². The third-order valence-corrected chi connectivity index (χ3v) is 3.31. The van der Waals surface area contributed by atoms with Gasteiger partial charge in [0.15, 0.2) is 0 Å². The van der Waals surface area contributed by atoms with Gasteiger partial charge in [-0.1, -0.05) is 24.6 Å². The SMILES string of the molecule is CCCNC(c1cccc(C)n1)c1c(Cl)cnn1C. The highest BCUT2D eigenvalue weighted by Gasteiger charge is 2.21. The number of hydrogen-bond donors (Lipinski definition) is 1. The van der Waals surface area contributed by atoms with Crippen molar-refractivity contribution in [2.75, 3.05) is 6.54 Å². The smallest absolute Gasteiger partial charge is 0.0937 e. The topological polar surface area (TPSA) is 42.7 Å². The molecule has 1 atom stereocenters. The van der Waals surface area contributed by atoms with Gasteiger partial charge in [0.05, 0.1) is 28.6 Å². The van der Waals surface area contributed by atoms with Crippen LogP contribution in [0, 0.1) is 6.92 Å². The van der Waals surface area contributed by atoms with Gasteiger partial charge in [0.2, 0.25) is 0 Å². The van der Waals surface area contributed by atoms with Crippen molar-refractivity contribution >= 4 is 11.6 Å². The van der Waals surface area contributed by atoms with Gasteiger partial charge in [0, 0.05) is 12.7 Å². The molecule has 0 bridgehead atoms. The van der Waals surface area contributed by atoms with Crippen molar-refractivity contribution in [2.24, 2.45) is 7.05 Å². The zero-order valence-electron chi connectivity index (χ0n) is 11.5. The Balaban J connectivity index is 2.41. The molecule has 2 aromatic heterocycles. The molecule has 2 heterocycles. The van der Waals surface area contributed by atoms with E-state index in [2.05, 4.69) is 22.3 Å². The van der Waals surface area contributed by atoms with Gasteiger partial charge < -0.3 is 5.32 Å². The van der Waals surface area contributed by atoms with E-state index in [0.717, 1.165) is 30.0 Å². The lowest BCUT2D eigenvalue weighted by Crippen LogP contribution is -2.26. The van der Waals surface area contributed by atoms with Crippen LogP contribution < -0.4 is 5.32 Å². The molecule has 0 fully saturated rings. The first-order chi connectivity index (χ1) is 9.13. The summed E-state index contributed by atoms with van der Waals surface area (Å²) in [5, 5.41) is 8.37. The maximum atomic E-state index is 6.26. The Bertz CT molecular complexity index is 531. The fraction of sp³-hybridized carbons (Fsp3) is 0.429. The van der Waals surface area contributed by atoms with Crippen LogP contribution in [0.3, 0.4) is 0 Å². The Morgan fingerprint density at radius 3 is 2.79 bits per heavy atom. The van der Waals surface area contributed by atoms with Crippen molar-refractivity contribution in [2.45, 2.75) is 26.3 Å². The van der Waals surface area contributed by atoms with Gasteiger partial charge in [-0.25, -0.2) is 0 Å². The minimum atomic E-state index is -0.0279. The molecule has 0 amide bonds. The van der Waals surface area contributed by atoms with E-state index >= 15 is 0 Å². The summed E-state index contributed by atoms with van der Waals surface area (Å²) in [6, 6.07) is 6.00. The van der Waals surface area contributed by atoms with Gasteiger partial charge in [-0.15, -0.1) is 0 Å². The number of pyridine rings is 1. The third kappa shape index (κ3) is 3.14. The second-order valence-corrected chi connectivity index (χ2v) is 5.00. The van der Waals surface area contributed by atoms with Crippen LogP contribution >= 0.6 is 11.6 Å². The molecule has 2 aromatic rings. The lowest BCUT2D eigenvalue weighted by molar-refractivity contribution is 0.543. The summed E-state index contributed by atoms with van der Waals surface area (Å²) in [6.07, 6.45) is 2.73. The number of halogens is 1. The summed E-state index contributed by atoms with van der Waals surface area (Å²) >= 11 is 6.26. The van der Waals surface area contributed by atoms with Gasteiger partial charge in [-0.2, -0.15) is 5.10 Å². The Hall–Kier alpha value is -1.39. The second kappa shape index (κ2) is 6.17. The Labute approximate surface area is 118 Å². The summed E-state index contributed by atoms with van der Waals surface area (Å²) in [7, 11) is 1.90. The van der Waals surface area contributed by atoms with E-state index in [-0.39, 0.29) is 6.04 Å². The van der Waals surface area contributed by atoms with Crippen LogP contribution in [0.25, 0.3) is 0 Å². The largest absolute Gasteiger partial charge is 0.304 e. The predicted octanol–water partition coefficient (Wildman–Crippen LogP) is 2.87. The maximum absolute atomic E-state index is 6.26. The van der Waals surface area contributed by atoms with Crippen LogP contribution in [0.1, 0.15) is 36.5 Å². The first-order valence-electron chi connectivity index (χ1n) is 6.47.